The van der Waals surface area contributed by atoms with Crippen LogP contribution in [0.2, 0.25) is 0 Å². The smallest absolute Gasteiger partial charge is 0.125 e. The van der Waals surface area contributed by atoms with Crippen LogP contribution in [0.25, 0.3) is 0 Å². The van der Waals surface area contributed by atoms with E-state index < -0.39 is 5.60 Å². The van der Waals surface area contributed by atoms with Gasteiger partial charge >= 0.3 is 0 Å². The summed E-state index contributed by atoms with van der Waals surface area (Å²) >= 11 is 1.73. The predicted molar refractivity (Wildman–Crippen MR) is 73.1 cm³/mol. The maximum absolute atomic E-state index is 10.3. The zero-order valence-electron chi connectivity index (χ0n) is 10.2. The van der Waals surface area contributed by atoms with Crippen molar-refractivity contribution in [2.75, 3.05) is 6.26 Å². The summed E-state index contributed by atoms with van der Waals surface area (Å²) in [5.41, 5.74) is 0.248. The molecular formula is C15H18OS. The van der Waals surface area contributed by atoms with Crippen molar-refractivity contribution in [1.82, 2.24) is 0 Å². The first-order valence-corrected chi connectivity index (χ1v) is 7.34. The number of hydrogen-bond acceptors (Lipinski definition) is 2. The molecule has 0 radical (unpaired) electrons. The van der Waals surface area contributed by atoms with Crippen LogP contribution in [0, 0.1) is 11.8 Å². The van der Waals surface area contributed by atoms with Crippen molar-refractivity contribution in [1.29, 1.82) is 0 Å². The predicted octanol–water partition coefficient (Wildman–Crippen LogP) is 3.46. The lowest BCUT2D eigenvalue weighted by atomic mass is 9.85. The zero-order chi connectivity index (χ0) is 12.1. The number of aliphatic hydroxyl groups is 1. The lowest BCUT2D eigenvalue weighted by Crippen LogP contribution is -2.29. The summed E-state index contributed by atoms with van der Waals surface area (Å²) in [6, 6.07) is 8.18. The summed E-state index contributed by atoms with van der Waals surface area (Å²) in [6.07, 6.45) is 7.12. The normalized spacial score (nSPS) is 18.2. The Hall–Kier alpha value is -0.910. The maximum atomic E-state index is 10.3. The van der Waals surface area contributed by atoms with E-state index in [1.807, 2.05) is 12.1 Å². The van der Waals surface area contributed by atoms with Crippen LogP contribution >= 0.6 is 11.8 Å². The Kier molecular flexibility index (Phi) is 4.15. The molecule has 1 aliphatic carbocycles. The van der Waals surface area contributed by atoms with Gasteiger partial charge in [0.1, 0.15) is 5.60 Å². The van der Waals surface area contributed by atoms with Gasteiger partial charge in [0.05, 0.1) is 0 Å². The zero-order valence-corrected chi connectivity index (χ0v) is 11.0. The van der Waals surface area contributed by atoms with Crippen molar-refractivity contribution in [2.24, 2.45) is 0 Å². The Morgan fingerprint density at radius 2 is 1.76 bits per heavy atom. The number of benzene rings is 1. The average molecular weight is 246 g/mol. The van der Waals surface area contributed by atoms with Crippen LogP contribution in [0.4, 0.5) is 0 Å². The van der Waals surface area contributed by atoms with E-state index in [2.05, 4.69) is 30.2 Å². The third-order valence-electron chi connectivity index (χ3n) is 3.21. The molecule has 0 aliphatic heterocycles. The molecule has 90 valence electrons. The van der Waals surface area contributed by atoms with Crippen LogP contribution in [0.1, 0.15) is 37.7 Å². The Labute approximate surface area is 108 Å². The Bertz CT molecular complexity index is 418. The SMILES string of the molecule is CSc1ccc(C#CC2(O)CCCCC2)cc1. The van der Waals surface area contributed by atoms with Gasteiger partial charge in [-0.25, -0.2) is 0 Å². The summed E-state index contributed by atoms with van der Waals surface area (Å²) in [5, 5.41) is 10.3. The molecule has 1 aliphatic rings. The van der Waals surface area contributed by atoms with Gasteiger partial charge in [0.2, 0.25) is 0 Å². The summed E-state index contributed by atoms with van der Waals surface area (Å²) in [4.78, 5) is 1.24. The van der Waals surface area contributed by atoms with Crippen molar-refractivity contribution in [2.45, 2.75) is 42.6 Å². The van der Waals surface area contributed by atoms with Crippen LogP contribution in [-0.4, -0.2) is 17.0 Å². The van der Waals surface area contributed by atoms with E-state index in [-0.39, 0.29) is 0 Å². The van der Waals surface area contributed by atoms with Gasteiger partial charge in [-0.05, 0) is 56.2 Å². The highest BCUT2D eigenvalue weighted by Gasteiger charge is 2.26. The van der Waals surface area contributed by atoms with E-state index in [9.17, 15) is 5.11 Å². The standard InChI is InChI=1S/C15H18OS/c1-17-14-7-5-13(6-8-14)9-12-15(16)10-3-2-4-11-15/h5-8,16H,2-4,10-11H2,1H3. The summed E-state index contributed by atoms with van der Waals surface area (Å²) in [5.74, 6) is 6.15. The third kappa shape index (κ3) is 3.52. The molecule has 1 fully saturated rings. The molecule has 1 saturated carbocycles. The monoisotopic (exact) mass is 246 g/mol. The second-order valence-electron chi connectivity index (χ2n) is 4.57. The molecule has 0 unspecified atom stereocenters. The topological polar surface area (TPSA) is 20.2 Å². The Balaban J connectivity index is 2.08. The van der Waals surface area contributed by atoms with Crippen molar-refractivity contribution >= 4 is 11.8 Å². The molecule has 17 heavy (non-hydrogen) atoms. The van der Waals surface area contributed by atoms with Gasteiger partial charge in [0, 0.05) is 10.5 Å². The first-order chi connectivity index (χ1) is 8.22. The summed E-state index contributed by atoms with van der Waals surface area (Å²) < 4.78 is 0. The van der Waals surface area contributed by atoms with Gasteiger partial charge in [0.15, 0.2) is 0 Å². The molecule has 1 aromatic carbocycles. The fraction of sp³-hybridized carbons (Fsp3) is 0.467. The minimum atomic E-state index is -0.740. The lowest BCUT2D eigenvalue weighted by Gasteiger charge is -2.26. The molecule has 0 saturated heterocycles. The fourth-order valence-electron chi connectivity index (χ4n) is 2.12. The molecule has 2 rings (SSSR count). The Morgan fingerprint density at radius 3 is 2.35 bits per heavy atom. The molecule has 0 heterocycles. The minimum Gasteiger partial charge on any atom is -0.378 e. The van der Waals surface area contributed by atoms with E-state index >= 15 is 0 Å². The highest BCUT2D eigenvalue weighted by molar-refractivity contribution is 7.98. The lowest BCUT2D eigenvalue weighted by molar-refractivity contribution is 0.0610. The summed E-state index contributed by atoms with van der Waals surface area (Å²) in [6.45, 7) is 0. The van der Waals surface area contributed by atoms with Crippen molar-refractivity contribution in [3.8, 4) is 11.8 Å². The van der Waals surface area contributed by atoms with E-state index in [1.165, 1.54) is 11.3 Å². The highest BCUT2D eigenvalue weighted by Crippen LogP contribution is 2.27. The third-order valence-corrected chi connectivity index (χ3v) is 3.95. The van der Waals surface area contributed by atoms with Gasteiger partial charge in [-0.2, -0.15) is 0 Å². The first kappa shape index (κ1) is 12.5. The second-order valence-corrected chi connectivity index (χ2v) is 5.45. The first-order valence-electron chi connectivity index (χ1n) is 6.11. The van der Waals surface area contributed by atoms with E-state index in [0.717, 1.165) is 31.2 Å². The van der Waals surface area contributed by atoms with Crippen molar-refractivity contribution in [3.05, 3.63) is 29.8 Å². The van der Waals surface area contributed by atoms with Crippen LogP contribution in [-0.2, 0) is 0 Å². The minimum absolute atomic E-state index is 0.740. The Morgan fingerprint density at radius 1 is 1.12 bits per heavy atom. The van der Waals surface area contributed by atoms with Crippen LogP contribution in [0.5, 0.6) is 0 Å². The van der Waals surface area contributed by atoms with Crippen molar-refractivity contribution in [3.63, 3.8) is 0 Å². The number of thioether (sulfide) groups is 1. The molecule has 1 aromatic rings. The molecule has 2 heteroatoms. The van der Waals surface area contributed by atoms with E-state index in [1.54, 1.807) is 11.8 Å². The number of rotatable bonds is 1. The molecule has 1 nitrogen and oxygen atoms in total. The number of hydrogen-bond donors (Lipinski definition) is 1. The van der Waals surface area contributed by atoms with Gasteiger partial charge in [0.25, 0.3) is 0 Å². The molecule has 0 amide bonds. The quantitative estimate of drug-likeness (QED) is 0.605. The maximum Gasteiger partial charge on any atom is 0.125 e. The second kappa shape index (κ2) is 5.62. The van der Waals surface area contributed by atoms with Gasteiger partial charge in [-0.1, -0.05) is 18.3 Å². The molecule has 0 bridgehead atoms. The highest BCUT2D eigenvalue weighted by atomic mass is 32.2. The van der Waals surface area contributed by atoms with E-state index in [4.69, 9.17) is 0 Å². The average Bonchev–Trinajstić information content (AvgIpc) is 2.38. The van der Waals surface area contributed by atoms with Gasteiger partial charge in [-0.3, -0.25) is 0 Å². The molecule has 0 spiro atoms. The molecule has 0 atom stereocenters. The largest absolute Gasteiger partial charge is 0.378 e. The van der Waals surface area contributed by atoms with Crippen molar-refractivity contribution < 1.29 is 5.11 Å². The molecular weight excluding hydrogens is 228 g/mol. The van der Waals surface area contributed by atoms with Crippen LogP contribution in [0.3, 0.4) is 0 Å². The van der Waals surface area contributed by atoms with Gasteiger partial charge in [-0.15, -0.1) is 11.8 Å². The van der Waals surface area contributed by atoms with Crippen LogP contribution < -0.4 is 0 Å². The molecule has 1 N–H and O–H groups in total. The van der Waals surface area contributed by atoms with E-state index in [0.29, 0.717) is 0 Å². The fourth-order valence-corrected chi connectivity index (χ4v) is 2.53. The van der Waals surface area contributed by atoms with Gasteiger partial charge < -0.3 is 5.11 Å². The van der Waals surface area contributed by atoms with Crippen LogP contribution in [0.15, 0.2) is 29.2 Å². The molecule has 0 aromatic heterocycles. The summed E-state index contributed by atoms with van der Waals surface area (Å²) in [7, 11) is 0.